The molecule has 3 nitrogen and oxygen atoms in total. The number of benzene rings is 2. The monoisotopic (exact) mass is 278 g/mol. The van der Waals surface area contributed by atoms with Crippen molar-refractivity contribution in [3.05, 3.63) is 70.8 Å². The Labute approximate surface area is 124 Å². The fourth-order valence-corrected chi connectivity index (χ4v) is 3.02. The van der Waals surface area contributed by atoms with Crippen molar-refractivity contribution in [2.45, 2.75) is 25.0 Å². The summed E-state index contributed by atoms with van der Waals surface area (Å²) in [6.45, 7) is 1.18. The summed E-state index contributed by atoms with van der Waals surface area (Å²) in [5.41, 5.74) is 3.24. The normalized spacial score (nSPS) is 20.0. The predicted octanol–water partition coefficient (Wildman–Crippen LogP) is 2.48. The van der Waals surface area contributed by atoms with Crippen LogP contribution in [0.4, 0.5) is 0 Å². The van der Waals surface area contributed by atoms with Crippen LogP contribution in [-0.2, 0) is 18.6 Å². The van der Waals surface area contributed by atoms with Gasteiger partial charge in [0, 0.05) is 13.1 Å². The van der Waals surface area contributed by atoms with Crippen LogP contribution in [0.1, 0.15) is 28.7 Å². The quantitative estimate of drug-likeness (QED) is 0.903. The third-order valence-corrected chi connectivity index (χ3v) is 4.13. The number of rotatable bonds is 4. The van der Waals surface area contributed by atoms with Gasteiger partial charge in [-0.3, -0.25) is 0 Å². The van der Waals surface area contributed by atoms with Crippen molar-refractivity contribution >= 4 is 0 Å². The molecule has 0 spiro atoms. The average molecular weight is 278 g/mol. The maximum atomic E-state index is 10.8. The highest BCUT2D eigenvalue weighted by atomic mass is 16.3. The van der Waals surface area contributed by atoms with Crippen LogP contribution in [0, 0.1) is 11.3 Å². The van der Waals surface area contributed by atoms with E-state index in [0.29, 0.717) is 18.7 Å². The molecule has 0 fully saturated rings. The van der Waals surface area contributed by atoms with Crippen molar-refractivity contribution in [2.75, 3.05) is 6.54 Å². The molecule has 3 heteroatoms. The predicted molar refractivity (Wildman–Crippen MR) is 81.5 cm³/mol. The highest BCUT2D eigenvalue weighted by Crippen LogP contribution is 2.36. The molecule has 0 bridgehead atoms. The Morgan fingerprint density at radius 3 is 2.90 bits per heavy atom. The van der Waals surface area contributed by atoms with Gasteiger partial charge in [-0.2, -0.15) is 5.26 Å². The molecule has 0 radical (unpaired) electrons. The first-order valence-electron chi connectivity index (χ1n) is 7.22. The molecule has 1 aliphatic carbocycles. The number of nitrogens with zero attached hydrogens (tertiary/aromatic N) is 1. The summed E-state index contributed by atoms with van der Waals surface area (Å²) >= 11 is 0. The summed E-state index contributed by atoms with van der Waals surface area (Å²) in [4.78, 5) is 0. The van der Waals surface area contributed by atoms with E-state index < -0.39 is 5.60 Å². The number of hydrogen-bond acceptors (Lipinski definition) is 3. The molecule has 21 heavy (non-hydrogen) atoms. The Hall–Kier alpha value is -2.15. The molecule has 0 amide bonds. The second-order valence-electron chi connectivity index (χ2n) is 5.60. The van der Waals surface area contributed by atoms with E-state index >= 15 is 0 Å². The molecule has 0 aromatic heterocycles. The first kappa shape index (κ1) is 13.8. The van der Waals surface area contributed by atoms with E-state index in [1.807, 2.05) is 36.4 Å². The van der Waals surface area contributed by atoms with Crippen molar-refractivity contribution in [1.29, 1.82) is 5.26 Å². The number of aryl methyl sites for hydroxylation is 1. The van der Waals surface area contributed by atoms with Gasteiger partial charge in [-0.25, -0.2) is 0 Å². The summed E-state index contributed by atoms with van der Waals surface area (Å²) in [6, 6.07) is 17.8. The van der Waals surface area contributed by atoms with Crippen LogP contribution in [-0.4, -0.2) is 11.7 Å². The van der Waals surface area contributed by atoms with E-state index in [-0.39, 0.29) is 0 Å². The summed E-state index contributed by atoms with van der Waals surface area (Å²) in [5, 5.41) is 23.0. The van der Waals surface area contributed by atoms with Gasteiger partial charge in [0.2, 0.25) is 0 Å². The largest absolute Gasteiger partial charge is 0.384 e. The molecular formula is C18H18N2O. The molecular weight excluding hydrogens is 260 g/mol. The lowest BCUT2D eigenvalue weighted by Crippen LogP contribution is -2.36. The van der Waals surface area contributed by atoms with Crippen LogP contribution < -0.4 is 5.32 Å². The fourth-order valence-electron chi connectivity index (χ4n) is 3.02. The van der Waals surface area contributed by atoms with Crippen molar-refractivity contribution in [1.82, 2.24) is 5.32 Å². The lowest BCUT2D eigenvalue weighted by Gasteiger charge is -2.24. The van der Waals surface area contributed by atoms with Crippen molar-refractivity contribution in [3.63, 3.8) is 0 Å². The number of aliphatic hydroxyl groups is 1. The van der Waals surface area contributed by atoms with Gasteiger partial charge in [0.25, 0.3) is 0 Å². The molecule has 2 N–H and O–H groups in total. The SMILES string of the molecule is N#Cc1cccc(CNCC2(O)CCc3ccccc32)c1. The molecule has 2 aromatic rings. The molecule has 2 aromatic carbocycles. The zero-order valence-electron chi connectivity index (χ0n) is 11.8. The van der Waals surface area contributed by atoms with Gasteiger partial charge in [-0.05, 0) is 41.7 Å². The van der Waals surface area contributed by atoms with Crippen molar-refractivity contribution in [2.24, 2.45) is 0 Å². The van der Waals surface area contributed by atoms with Gasteiger partial charge < -0.3 is 10.4 Å². The molecule has 0 aliphatic heterocycles. The average Bonchev–Trinajstić information content (AvgIpc) is 2.86. The van der Waals surface area contributed by atoms with Crippen molar-refractivity contribution < 1.29 is 5.11 Å². The molecule has 0 heterocycles. The molecule has 0 saturated heterocycles. The standard InChI is InChI=1S/C18H18N2O/c19-11-14-4-3-5-15(10-14)12-20-13-18(21)9-8-16-6-1-2-7-17(16)18/h1-7,10,20-21H,8-9,12-13H2. The highest BCUT2D eigenvalue weighted by Gasteiger charge is 2.35. The third-order valence-electron chi connectivity index (χ3n) is 4.13. The molecule has 106 valence electrons. The van der Waals surface area contributed by atoms with E-state index in [4.69, 9.17) is 5.26 Å². The summed E-state index contributed by atoms with van der Waals surface area (Å²) < 4.78 is 0. The van der Waals surface area contributed by atoms with E-state index in [1.165, 1.54) is 5.56 Å². The zero-order chi connectivity index (χ0) is 14.7. The Balaban J connectivity index is 1.65. The second kappa shape index (κ2) is 5.69. The second-order valence-corrected chi connectivity index (χ2v) is 5.60. The zero-order valence-corrected chi connectivity index (χ0v) is 11.8. The van der Waals surface area contributed by atoms with Crippen LogP contribution in [0.25, 0.3) is 0 Å². The Morgan fingerprint density at radius 2 is 2.05 bits per heavy atom. The van der Waals surface area contributed by atoms with Gasteiger partial charge in [-0.1, -0.05) is 36.4 Å². The van der Waals surface area contributed by atoms with Gasteiger partial charge in [0.05, 0.1) is 11.6 Å². The number of nitriles is 1. The minimum atomic E-state index is -0.774. The van der Waals surface area contributed by atoms with Gasteiger partial charge in [0.15, 0.2) is 0 Å². The Kier molecular flexibility index (Phi) is 3.74. The molecule has 3 rings (SSSR count). The first-order valence-corrected chi connectivity index (χ1v) is 7.22. The van der Waals surface area contributed by atoms with Crippen LogP contribution in [0.3, 0.4) is 0 Å². The lowest BCUT2D eigenvalue weighted by molar-refractivity contribution is 0.0384. The Bertz CT molecular complexity index is 690. The smallest absolute Gasteiger partial charge is 0.103 e. The minimum Gasteiger partial charge on any atom is -0.384 e. The summed E-state index contributed by atoms with van der Waals surface area (Å²) in [6.07, 6.45) is 1.69. The van der Waals surface area contributed by atoms with E-state index in [9.17, 15) is 5.11 Å². The van der Waals surface area contributed by atoms with Crippen LogP contribution in [0.15, 0.2) is 48.5 Å². The van der Waals surface area contributed by atoms with E-state index in [2.05, 4.69) is 17.5 Å². The molecule has 1 unspecified atom stereocenters. The van der Waals surface area contributed by atoms with Gasteiger partial charge in [0.1, 0.15) is 5.60 Å². The lowest BCUT2D eigenvalue weighted by atomic mass is 9.96. The summed E-state index contributed by atoms with van der Waals surface area (Å²) in [7, 11) is 0. The minimum absolute atomic E-state index is 0.529. The number of hydrogen-bond donors (Lipinski definition) is 2. The Morgan fingerprint density at radius 1 is 1.19 bits per heavy atom. The van der Waals surface area contributed by atoms with Gasteiger partial charge >= 0.3 is 0 Å². The topological polar surface area (TPSA) is 56.0 Å². The first-order chi connectivity index (χ1) is 10.2. The van der Waals surface area contributed by atoms with Gasteiger partial charge in [-0.15, -0.1) is 0 Å². The molecule has 0 saturated carbocycles. The third kappa shape index (κ3) is 2.82. The van der Waals surface area contributed by atoms with Crippen LogP contribution in [0.5, 0.6) is 0 Å². The maximum absolute atomic E-state index is 10.8. The highest BCUT2D eigenvalue weighted by molar-refractivity contribution is 5.37. The summed E-state index contributed by atoms with van der Waals surface area (Å²) in [5.74, 6) is 0. The maximum Gasteiger partial charge on any atom is 0.103 e. The van der Waals surface area contributed by atoms with Crippen LogP contribution in [0.2, 0.25) is 0 Å². The fraction of sp³-hybridized carbons (Fsp3) is 0.278. The number of nitrogens with one attached hydrogen (secondary N) is 1. The van der Waals surface area contributed by atoms with E-state index in [0.717, 1.165) is 24.0 Å². The molecule has 1 atom stereocenters. The number of fused-ring (bicyclic) bond motifs is 1. The molecule has 1 aliphatic rings. The van der Waals surface area contributed by atoms with E-state index in [1.54, 1.807) is 6.07 Å². The van der Waals surface area contributed by atoms with Crippen LogP contribution >= 0.6 is 0 Å². The van der Waals surface area contributed by atoms with Crippen molar-refractivity contribution in [3.8, 4) is 6.07 Å².